The van der Waals surface area contributed by atoms with E-state index in [1.165, 1.54) is 0 Å². The lowest BCUT2D eigenvalue weighted by Crippen LogP contribution is -2.11. The molecule has 5 nitrogen and oxygen atoms in total. The van der Waals surface area contributed by atoms with E-state index in [0.29, 0.717) is 34.2 Å². The van der Waals surface area contributed by atoms with Crippen molar-refractivity contribution in [2.75, 3.05) is 19.5 Å². The van der Waals surface area contributed by atoms with Gasteiger partial charge in [0.2, 0.25) is 0 Å². The van der Waals surface area contributed by atoms with Crippen molar-refractivity contribution < 1.29 is 19.0 Å². The van der Waals surface area contributed by atoms with Crippen LogP contribution in [0.3, 0.4) is 0 Å². The highest BCUT2D eigenvalue weighted by molar-refractivity contribution is 6.04. The highest BCUT2D eigenvalue weighted by Crippen LogP contribution is 2.31. The smallest absolute Gasteiger partial charge is 0.255 e. The number of hydrogen-bond acceptors (Lipinski definition) is 4. The van der Waals surface area contributed by atoms with Gasteiger partial charge in [-0.05, 0) is 54.6 Å². The number of nitrogens with one attached hydrogen (secondary N) is 1. The standard InChI is InChI=1S/C21H19NO4/c1-24-18-7-5-6-15(14-18)21(23)22-16-10-12-17(13-11-16)26-20-9-4-3-8-19(20)25-2/h3-14H,1-2H3,(H,22,23). The summed E-state index contributed by atoms with van der Waals surface area (Å²) in [5.74, 6) is 2.36. The Labute approximate surface area is 152 Å². The van der Waals surface area contributed by atoms with Gasteiger partial charge in [-0.2, -0.15) is 0 Å². The molecular formula is C21H19NO4. The van der Waals surface area contributed by atoms with Crippen LogP contribution in [-0.4, -0.2) is 20.1 Å². The van der Waals surface area contributed by atoms with Crippen LogP contribution in [0.1, 0.15) is 10.4 Å². The third-order valence-corrected chi connectivity index (χ3v) is 3.74. The van der Waals surface area contributed by atoms with Crippen LogP contribution in [0.15, 0.2) is 72.8 Å². The second-order valence-electron chi connectivity index (χ2n) is 5.46. The van der Waals surface area contributed by atoms with Crippen molar-refractivity contribution in [3.05, 3.63) is 78.4 Å². The van der Waals surface area contributed by atoms with Crippen molar-refractivity contribution in [2.24, 2.45) is 0 Å². The number of ether oxygens (including phenoxy) is 3. The summed E-state index contributed by atoms with van der Waals surface area (Å²) in [6.07, 6.45) is 0. The van der Waals surface area contributed by atoms with Gasteiger partial charge in [-0.3, -0.25) is 4.79 Å². The molecule has 5 heteroatoms. The quantitative estimate of drug-likeness (QED) is 0.698. The molecule has 0 unspecified atom stereocenters. The zero-order chi connectivity index (χ0) is 18.4. The molecule has 0 aliphatic carbocycles. The Morgan fingerprint density at radius 3 is 2.19 bits per heavy atom. The van der Waals surface area contributed by atoms with Crippen LogP contribution in [0.5, 0.6) is 23.0 Å². The molecule has 3 aromatic carbocycles. The maximum absolute atomic E-state index is 12.3. The fraction of sp³-hybridized carbons (Fsp3) is 0.0952. The molecule has 3 aromatic rings. The average molecular weight is 349 g/mol. The van der Waals surface area contributed by atoms with E-state index < -0.39 is 0 Å². The molecular weight excluding hydrogens is 330 g/mol. The summed E-state index contributed by atoms with van der Waals surface area (Å²) < 4.78 is 16.2. The number of para-hydroxylation sites is 2. The van der Waals surface area contributed by atoms with Crippen LogP contribution in [-0.2, 0) is 0 Å². The minimum Gasteiger partial charge on any atom is -0.497 e. The minimum absolute atomic E-state index is 0.206. The zero-order valence-electron chi connectivity index (χ0n) is 14.6. The molecule has 0 aliphatic rings. The fourth-order valence-corrected chi connectivity index (χ4v) is 2.40. The van der Waals surface area contributed by atoms with E-state index in [9.17, 15) is 4.79 Å². The van der Waals surface area contributed by atoms with E-state index in [-0.39, 0.29) is 5.91 Å². The Hall–Kier alpha value is -3.47. The number of amides is 1. The van der Waals surface area contributed by atoms with Crippen molar-refractivity contribution in [2.45, 2.75) is 0 Å². The first-order valence-corrected chi connectivity index (χ1v) is 8.06. The van der Waals surface area contributed by atoms with Gasteiger partial charge in [0.15, 0.2) is 11.5 Å². The van der Waals surface area contributed by atoms with Gasteiger partial charge in [-0.25, -0.2) is 0 Å². The van der Waals surface area contributed by atoms with E-state index in [4.69, 9.17) is 14.2 Å². The molecule has 0 bridgehead atoms. The summed E-state index contributed by atoms with van der Waals surface area (Å²) in [6.45, 7) is 0. The van der Waals surface area contributed by atoms with Gasteiger partial charge in [0.05, 0.1) is 14.2 Å². The summed E-state index contributed by atoms with van der Waals surface area (Å²) in [5, 5.41) is 2.85. The largest absolute Gasteiger partial charge is 0.497 e. The number of carbonyl (C=O) groups excluding carboxylic acids is 1. The second kappa shape index (κ2) is 8.07. The first kappa shape index (κ1) is 17.4. The predicted molar refractivity (Wildman–Crippen MR) is 100 cm³/mol. The van der Waals surface area contributed by atoms with Crippen molar-refractivity contribution in [3.63, 3.8) is 0 Å². The van der Waals surface area contributed by atoms with E-state index in [1.807, 2.05) is 24.3 Å². The number of methoxy groups -OCH3 is 2. The van der Waals surface area contributed by atoms with Crippen molar-refractivity contribution in [1.29, 1.82) is 0 Å². The lowest BCUT2D eigenvalue weighted by atomic mass is 10.2. The number of carbonyl (C=O) groups is 1. The Balaban J connectivity index is 1.68. The predicted octanol–water partition coefficient (Wildman–Crippen LogP) is 4.75. The van der Waals surface area contributed by atoms with Gasteiger partial charge < -0.3 is 19.5 Å². The van der Waals surface area contributed by atoms with Crippen LogP contribution in [0.4, 0.5) is 5.69 Å². The molecule has 1 N–H and O–H groups in total. The molecule has 132 valence electrons. The van der Waals surface area contributed by atoms with Crippen LogP contribution in [0.25, 0.3) is 0 Å². The maximum Gasteiger partial charge on any atom is 0.255 e. The molecule has 0 atom stereocenters. The first-order chi connectivity index (χ1) is 12.7. The van der Waals surface area contributed by atoms with Gasteiger partial charge in [0, 0.05) is 11.3 Å². The van der Waals surface area contributed by atoms with Gasteiger partial charge >= 0.3 is 0 Å². The Morgan fingerprint density at radius 2 is 1.50 bits per heavy atom. The molecule has 3 rings (SSSR count). The minimum atomic E-state index is -0.206. The van der Waals surface area contributed by atoms with Gasteiger partial charge in [-0.15, -0.1) is 0 Å². The third kappa shape index (κ3) is 4.13. The number of hydrogen-bond donors (Lipinski definition) is 1. The molecule has 1 amide bonds. The topological polar surface area (TPSA) is 56.8 Å². The van der Waals surface area contributed by atoms with Crippen molar-refractivity contribution in [1.82, 2.24) is 0 Å². The SMILES string of the molecule is COc1cccc(C(=O)Nc2ccc(Oc3ccccc3OC)cc2)c1. The van der Waals surface area contributed by atoms with Crippen molar-refractivity contribution >= 4 is 11.6 Å². The van der Waals surface area contributed by atoms with Gasteiger partial charge in [0.25, 0.3) is 5.91 Å². The monoisotopic (exact) mass is 349 g/mol. The van der Waals surface area contributed by atoms with Gasteiger partial charge in [0.1, 0.15) is 11.5 Å². The summed E-state index contributed by atoms with van der Waals surface area (Å²) in [4.78, 5) is 12.3. The number of rotatable bonds is 6. The van der Waals surface area contributed by atoms with E-state index >= 15 is 0 Å². The molecule has 26 heavy (non-hydrogen) atoms. The van der Waals surface area contributed by atoms with Crippen molar-refractivity contribution in [3.8, 4) is 23.0 Å². The molecule has 0 radical (unpaired) electrons. The Morgan fingerprint density at radius 1 is 0.769 bits per heavy atom. The number of anilines is 1. The van der Waals surface area contributed by atoms with E-state index in [1.54, 1.807) is 62.8 Å². The lowest BCUT2D eigenvalue weighted by molar-refractivity contribution is 0.102. The molecule has 0 saturated carbocycles. The molecule has 0 heterocycles. The molecule has 0 aromatic heterocycles. The van der Waals surface area contributed by atoms with Crippen LogP contribution < -0.4 is 19.5 Å². The highest BCUT2D eigenvalue weighted by atomic mass is 16.5. The molecule has 0 spiro atoms. The van der Waals surface area contributed by atoms with E-state index in [2.05, 4.69) is 5.32 Å². The zero-order valence-corrected chi connectivity index (χ0v) is 14.6. The molecule has 0 fully saturated rings. The lowest BCUT2D eigenvalue weighted by Gasteiger charge is -2.11. The van der Waals surface area contributed by atoms with Crippen LogP contribution in [0, 0.1) is 0 Å². The number of benzene rings is 3. The second-order valence-corrected chi connectivity index (χ2v) is 5.46. The fourth-order valence-electron chi connectivity index (χ4n) is 2.40. The summed E-state index contributed by atoms with van der Waals surface area (Å²) in [6, 6.07) is 21.5. The highest BCUT2D eigenvalue weighted by Gasteiger charge is 2.08. The van der Waals surface area contributed by atoms with E-state index in [0.717, 1.165) is 0 Å². The van der Waals surface area contributed by atoms with Crippen LogP contribution >= 0.6 is 0 Å². The third-order valence-electron chi connectivity index (χ3n) is 3.74. The Kier molecular flexibility index (Phi) is 5.39. The maximum atomic E-state index is 12.3. The van der Waals surface area contributed by atoms with Crippen LogP contribution in [0.2, 0.25) is 0 Å². The average Bonchev–Trinajstić information content (AvgIpc) is 2.70. The normalized spacial score (nSPS) is 10.1. The summed E-state index contributed by atoms with van der Waals surface area (Å²) in [5.41, 5.74) is 1.20. The molecule has 0 saturated heterocycles. The summed E-state index contributed by atoms with van der Waals surface area (Å²) in [7, 11) is 3.16. The Bertz CT molecular complexity index is 891. The summed E-state index contributed by atoms with van der Waals surface area (Å²) >= 11 is 0. The molecule has 0 aliphatic heterocycles. The van der Waals surface area contributed by atoms with Gasteiger partial charge in [-0.1, -0.05) is 18.2 Å². The first-order valence-electron chi connectivity index (χ1n) is 8.06.